The summed E-state index contributed by atoms with van der Waals surface area (Å²) in [4.78, 5) is 4.37. The third kappa shape index (κ3) is 2.68. The molecule has 4 nitrogen and oxygen atoms in total. The number of nitrogens with zero attached hydrogens (tertiary/aromatic N) is 1. The highest BCUT2D eigenvalue weighted by atomic mass is 16.6. The van der Waals surface area contributed by atoms with Gasteiger partial charge in [-0.3, -0.25) is 4.98 Å². The van der Waals surface area contributed by atoms with Crippen LogP contribution in [-0.4, -0.2) is 37.5 Å². The summed E-state index contributed by atoms with van der Waals surface area (Å²) in [7, 11) is 0. The van der Waals surface area contributed by atoms with Crippen LogP contribution in [0, 0.1) is 0 Å². The van der Waals surface area contributed by atoms with Gasteiger partial charge in [0.2, 0.25) is 0 Å². The Morgan fingerprint density at radius 2 is 2.20 bits per heavy atom. The molecular weight excluding hydrogens is 252 g/mol. The van der Waals surface area contributed by atoms with Gasteiger partial charge in [-0.2, -0.15) is 0 Å². The molecule has 106 valence electrons. The number of rotatable bonds is 4. The number of nitrogens with one attached hydrogen (secondary N) is 1. The number of aromatic nitrogens is 1. The van der Waals surface area contributed by atoms with E-state index >= 15 is 0 Å². The van der Waals surface area contributed by atoms with Crippen LogP contribution in [0.2, 0.25) is 0 Å². The lowest BCUT2D eigenvalue weighted by molar-refractivity contribution is -0.102. The van der Waals surface area contributed by atoms with Gasteiger partial charge >= 0.3 is 0 Å². The quantitative estimate of drug-likeness (QED) is 0.927. The topological polar surface area (TPSA) is 43.4 Å². The highest BCUT2D eigenvalue weighted by molar-refractivity contribution is 5.85. The molecule has 0 amide bonds. The fourth-order valence-corrected chi connectivity index (χ4v) is 2.75. The maximum absolute atomic E-state index is 5.88. The van der Waals surface area contributed by atoms with Crippen molar-refractivity contribution >= 4 is 10.8 Å². The van der Waals surface area contributed by atoms with Gasteiger partial charge in [0.15, 0.2) is 0 Å². The van der Waals surface area contributed by atoms with E-state index in [1.54, 1.807) is 0 Å². The summed E-state index contributed by atoms with van der Waals surface area (Å²) >= 11 is 0. The second kappa shape index (κ2) is 6.31. The zero-order valence-corrected chi connectivity index (χ0v) is 11.7. The highest BCUT2D eigenvalue weighted by Gasteiger charge is 2.27. The van der Waals surface area contributed by atoms with Gasteiger partial charge in [-0.25, -0.2) is 0 Å². The second-order valence-corrected chi connectivity index (χ2v) is 4.97. The Bertz CT molecular complexity index is 562. The third-order valence-electron chi connectivity index (χ3n) is 3.67. The van der Waals surface area contributed by atoms with Gasteiger partial charge in [0.05, 0.1) is 25.9 Å². The third-order valence-corrected chi connectivity index (χ3v) is 3.67. The Balaban J connectivity index is 2.00. The molecule has 2 aromatic rings. The fraction of sp³-hybridized carbons (Fsp3) is 0.438. The largest absolute Gasteiger partial charge is 0.376 e. The van der Waals surface area contributed by atoms with Gasteiger partial charge in [-0.1, -0.05) is 31.2 Å². The molecule has 0 bridgehead atoms. The first-order valence-electron chi connectivity index (χ1n) is 7.15. The Kier molecular flexibility index (Phi) is 4.25. The lowest BCUT2D eigenvalue weighted by Crippen LogP contribution is -2.40. The van der Waals surface area contributed by atoms with E-state index in [1.165, 1.54) is 10.9 Å². The standard InChI is InChI=1S/C16H20N2O2/c1-2-18-16(15-11-19-7-8-20-15)14-10-17-9-12-5-3-4-6-13(12)14/h3-6,9-10,15-16,18H,2,7-8,11H2,1H3. The number of fused-ring (bicyclic) bond motifs is 1. The first-order valence-corrected chi connectivity index (χ1v) is 7.15. The molecule has 2 heterocycles. The summed E-state index contributed by atoms with van der Waals surface area (Å²) in [6.07, 6.45) is 3.88. The van der Waals surface area contributed by atoms with Crippen molar-refractivity contribution in [3.63, 3.8) is 0 Å². The first-order chi connectivity index (χ1) is 9.90. The molecular formula is C16H20N2O2. The molecule has 0 saturated carbocycles. The number of hydrogen-bond donors (Lipinski definition) is 1. The van der Waals surface area contributed by atoms with Gasteiger partial charge in [-0.15, -0.1) is 0 Å². The molecule has 0 spiro atoms. The summed E-state index contributed by atoms with van der Waals surface area (Å²) in [6.45, 7) is 4.96. The summed E-state index contributed by atoms with van der Waals surface area (Å²) in [5, 5.41) is 5.90. The summed E-state index contributed by atoms with van der Waals surface area (Å²) in [5.74, 6) is 0. The first kappa shape index (κ1) is 13.5. The fourth-order valence-electron chi connectivity index (χ4n) is 2.75. The minimum absolute atomic E-state index is 0.0382. The molecule has 1 aromatic heterocycles. The maximum Gasteiger partial charge on any atom is 0.100 e. The second-order valence-electron chi connectivity index (χ2n) is 4.97. The zero-order chi connectivity index (χ0) is 13.8. The van der Waals surface area contributed by atoms with E-state index in [2.05, 4.69) is 35.4 Å². The van der Waals surface area contributed by atoms with Gasteiger partial charge < -0.3 is 14.8 Å². The molecule has 1 aliphatic rings. The molecule has 1 aliphatic heterocycles. The predicted octanol–water partition coefficient (Wildman–Crippen LogP) is 2.30. The van der Waals surface area contributed by atoms with Crippen LogP contribution in [0.15, 0.2) is 36.7 Å². The molecule has 2 atom stereocenters. The lowest BCUT2D eigenvalue weighted by atomic mass is 9.97. The smallest absolute Gasteiger partial charge is 0.100 e. The van der Waals surface area contributed by atoms with Crippen molar-refractivity contribution in [1.29, 1.82) is 0 Å². The average molecular weight is 272 g/mol. The number of hydrogen-bond acceptors (Lipinski definition) is 4. The van der Waals surface area contributed by atoms with Crippen LogP contribution in [0.25, 0.3) is 10.8 Å². The molecule has 0 aliphatic carbocycles. The Labute approximate surface area is 119 Å². The van der Waals surface area contributed by atoms with Gasteiger partial charge in [0.1, 0.15) is 6.10 Å². The summed E-state index contributed by atoms with van der Waals surface area (Å²) < 4.78 is 11.4. The minimum Gasteiger partial charge on any atom is -0.376 e. The van der Waals surface area contributed by atoms with Crippen LogP contribution >= 0.6 is 0 Å². The van der Waals surface area contributed by atoms with E-state index < -0.39 is 0 Å². The van der Waals surface area contributed by atoms with Crippen molar-refractivity contribution in [3.8, 4) is 0 Å². The van der Waals surface area contributed by atoms with Crippen LogP contribution in [0.5, 0.6) is 0 Å². The van der Waals surface area contributed by atoms with Crippen LogP contribution < -0.4 is 5.32 Å². The van der Waals surface area contributed by atoms with Crippen LogP contribution in [0.3, 0.4) is 0 Å². The zero-order valence-electron chi connectivity index (χ0n) is 11.7. The number of ether oxygens (including phenoxy) is 2. The van der Waals surface area contributed by atoms with E-state index in [4.69, 9.17) is 9.47 Å². The molecule has 20 heavy (non-hydrogen) atoms. The number of pyridine rings is 1. The Hall–Kier alpha value is -1.49. The number of benzene rings is 1. The molecule has 3 rings (SSSR count). The van der Waals surface area contributed by atoms with E-state index in [0.29, 0.717) is 19.8 Å². The van der Waals surface area contributed by atoms with Gasteiger partial charge in [0, 0.05) is 17.8 Å². The monoisotopic (exact) mass is 272 g/mol. The van der Waals surface area contributed by atoms with Crippen LogP contribution in [0.1, 0.15) is 18.5 Å². The predicted molar refractivity (Wildman–Crippen MR) is 78.7 cm³/mol. The van der Waals surface area contributed by atoms with Gasteiger partial charge in [0.25, 0.3) is 0 Å². The van der Waals surface area contributed by atoms with E-state index in [0.717, 1.165) is 11.9 Å². The van der Waals surface area contributed by atoms with Crippen LogP contribution in [0.4, 0.5) is 0 Å². The van der Waals surface area contributed by atoms with Crippen molar-refractivity contribution in [2.45, 2.75) is 19.1 Å². The molecule has 1 saturated heterocycles. The molecule has 1 N–H and O–H groups in total. The minimum atomic E-state index is 0.0382. The summed E-state index contributed by atoms with van der Waals surface area (Å²) in [5.41, 5.74) is 1.18. The maximum atomic E-state index is 5.88. The SMILES string of the molecule is CCNC(c1cncc2ccccc12)C1COCCO1. The van der Waals surface area contributed by atoms with Crippen molar-refractivity contribution < 1.29 is 9.47 Å². The van der Waals surface area contributed by atoms with Crippen LogP contribution in [-0.2, 0) is 9.47 Å². The lowest BCUT2D eigenvalue weighted by Gasteiger charge is -2.31. The van der Waals surface area contributed by atoms with Crippen molar-refractivity contribution in [2.24, 2.45) is 0 Å². The highest BCUT2D eigenvalue weighted by Crippen LogP contribution is 2.27. The molecule has 1 aromatic carbocycles. The van der Waals surface area contributed by atoms with Crippen molar-refractivity contribution in [2.75, 3.05) is 26.4 Å². The summed E-state index contributed by atoms with van der Waals surface area (Å²) in [6, 6.07) is 8.44. The van der Waals surface area contributed by atoms with E-state index in [1.807, 2.05) is 18.5 Å². The van der Waals surface area contributed by atoms with E-state index in [9.17, 15) is 0 Å². The Morgan fingerprint density at radius 3 is 3.00 bits per heavy atom. The Morgan fingerprint density at radius 1 is 1.30 bits per heavy atom. The van der Waals surface area contributed by atoms with E-state index in [-0.39, 0.29) is 12.1 Å². The molecule has 2 unspecified atom stereocenters. The molecule has 1 fully saturated rings. The van der Waals surface area contributed by atoms with Gasteiger partial charge in [-0.05, 0) is 17.5 Å². The molecule has 4 heteroatoms. The van der Waals surface area contributed by atoms with Crippen molar-refractivity contribution in [1.82, 2.24) is 10.3 Å². The normalized spacial score (nSPS) is 20.9. The average Bonchev–Trinajstić information content (AvgIpc) is 2.53. The molecule has 0 radical (unpaired) electrons. The van der Waals surface area contributed by atoms with Crippen molar-refractivity contribution in [3.05, 3.63) is 42.2 Å². The number of likely N-dealkylation sites (N-methyl/N-ethyl adjacent to an activating group) is 1.